The zero-order valence-corrected chi connectivity index (χ0v) is 9.61. The SMILES string of the molecule is CC1(C)C2CCC1(C)C(O)(Br)C2. The molecule has 0 saturated heterocycles. The largest absolute Gasteiger partial charge is 0.378 e. The molecule has 0 spiro atoms. The first-order valence-corrected chi connectivity index (χ1v) is 5.52. The molecule has 12 heavy (non-hydrogen) atoms. The summed E-state index contributed by atoms with van der Waals surface area (Å²) in [5, 5.41) is 10.2. The molecule has 2 aliphatic rings. The van der Waals surface area contributed by atoms with Crippen molar-refractivity contribution < 1.29 is 5.11 Å². The summed E-state index contributed by atoms with van der Waals surface area (Å²) in [4.78, 5) is 0. The van der Waals surface area contributed by atoms with Gasteiger partial charge in [0.25, 0.3) is 0 Å². The van der Waals surface area contributed by atoms with Crippen LogP contribution in [0.25, 0.3) is 0 Å². The molecular weight excluding hydrogens is 216 g/mol. The molecule has 0 radical (unpaired) electrons. The van der Waals surface area contributed by atoms with Gasteiger partial charge >= 0.3 is 0 Å². The first-order chi connectivity index (χ1) is 5.31. The van der Waals surface area contributed by atoms with Crippen molar-refractivity contribution in [1.82, 2.24) is 0 Å². The van der Waals surface area contributed by atoms with E-state index in [4.69, 9.17) is 0 Å². The Morgan fingerprint density at radius 1 is 1.33 bits per heavy atom. The van der Waals surface area contributed by atoms with E-state index in [9.17, 15) is 5.11 Å². The summed E-state index contributed by atoms with van der Waals surface area (Å²) >= 11 is 3.49. The van der Waals surface area contributed by atoms with Gasteiger partial charge in [0, 0.05) is 5.41 Å². The van der Waals surface area contributed by atoms with E-state index in [1.807, 2.05) is 0 Å². The number of alkyl halides is 1. The highest BCUT2D eigenvalue weighted by Gasteiger charge is 2.67. The molecule has 2 fully saturated rings. The predicted molar refractivity (Wildman–Crippen MR) is 53.1 cm³/mol. The molecule has 2 aliphatic carbocycles. The van der Waals surface area contributed by atoms with E-state index in [1.54, 1.807) is 0 Å². The van der Waals surface area contributed by atoms with Crippen LogP contribution in [0.1, 0.15) is 40.0 Å². The van der Waals surface area contributed by atoms with E-state index in [1.165, 1.54) is 6.42 Å². The molecule has 3 atom stereocenters. The molecule has 1 N–H and O–H groups in total. The molecule has 0 heterocycles. The number of fused-ring (bicyclic) bond motifs is 2. The number of halogens is 1. The van der Waals surface area contributed by atoms with Crippen molar-refractivity contribution in [2.45, 2.75) is 44.5 Å². The average Bonchev–Trinajstić information content (AvgIpc) is 2.18. The fraction of sp³-hybridized carbons (Fsp3) is 1.00. The van der Waals surface area contributed by atoms with Crippen LogP contribution in [0.15, 0.2) is 0 Å². The van der Waals surface area contributed by atoms with Crippen LogP contribution in [0.2, 0.25) is 0 Å². The van der Waals surface area contributed by atoms with Crippen molar-refractivity contribution in [3.63, 3.8) is 0 Å². The molecule has 0 aliphatic heterocycles. The third-order valence-corrected chi connectivity index (χ3v) is 6.00. The minimum absolute atomic E-state index is 0.0741. The van der Waals surface area contributed by atoms with Crippen molar-refractivity contribution in [2.75, 3.05) is 0 Å². The maximum Gasteiger partial charge on any atom is 0.125 e. The minimum Gasteiger partial charge on any atom is -0.378 e. The van der Waals surface area contributed by atoms with Gasteiger partial charge in [-0.3, -0.25) is 0 Å². The lowest BCUT2D eigenvalue weighted by Crippen LogP contribution is -2.42. The molecule has 2 heteroatoms. The van der Waals surface area contributed by atoms with Crippen molar-refractivity contribution in [1.29, 1.82) is 0 Å². The molecule has 70 valence electrons. The number of hydrogen-bond donors (Lipinski definition) is 1. The predicted octanol–water partition coefficient (Wildman–Crippen LogP) is 2.92. The normalized spacial score (nSPS) is 56.2. The lowest BCUT2D eigenvalue weighted by Gasteiger charge is -2.41. The van der Waals surface area contributed by atoms with Crippen LogP contribution < -0.4 is 0 Å². The molecular formula is C10H17BrO. The Labute approximate surface area is 82.7 Å². The Balaban J connectivity index is 2.47. The van der Waals surface area contributed by atoms with Crippen LogP contribution >= 0.6 is 15.9 Å². The second-order valence-electron chi connectivity index (χ2n) is 5.25. The molecule has 0 aromatic rings. The lowest BCUT2D eigenvalue weighted by atomic mass is 9.70. The van der Waals surface area contributed by atoms with Gasteiger partial charge in [0.05, 0.1) is 0 Å². The molecule has 2 bridgehead atoms. The van der Waals surface area contributed by atoms with Crippen molar-refractivity contribution in [3.05, 3.63) is 0 Å². The van der Waals surface area contributed by atoms with Crippen LogP contribution in [-0.4, -0.2) is 9.62 Å². The Hall–Kier alpha value is 0.440. The monoisotopic (exact) mass is 232 g/mol. The van der Waals surface area contributed by atoms with Gasteiger partial charge in [-0.25, -0.2) is 0 Å². The van der Waals surface area contributed by atoms with Gasteiger partial charge in [-0.2, -0.15) is 0 Å². The third kappa shape index (κ3) is 0.741. The number of rotatable bonds is 0. The highest BCUT2D eigenvalue weighted by Crippen LogP contribution is 2.71. The van der Waals surface area contributed by atoms with Crippen molar-refractivity contribution >= 4 is 15.9 Å². The van der Waals surface area contributed by atoms with Gasteiger partial charge in [-0.05, 0) is 30.6 Å². The third-order valence-electron chi connectivity index (χ3n) is 4.80. The highest BCUT2D eigenvalue weighted by molar-refractivity contribution is 9.10. The summed E-state index contributed by atoms with van der Waals surface area (Å²) in [6.07, 6.45) is 3.38. The van der Waals surface area contributed by atoms with Crippen LogP contribution in [0.3, 0.4) is 0 Å². The summed E-state index contributed by atoms with van der Waals surface area (Å²) in [5.41, 5.74) is 0.371. The van der Waals surface area contributed by atoms with Gasteiger partial charge in [-0.1, -0.05) is 36.7 Å². The summed E-state index contributed by atoms with van der Waals surface area (Å²) in [5.74, 6) is 0.701. The standard InChI is InChI=1S/C10H17BrO/c1-8(2)7-4-5-9(8,3)10(11,12)6-7/h7,12H,4-6H2,1-3H3. The Morgan fingerprint density at radius 3 is 2.08 bits per heavy atom. The van der Waals surface area contributed by atoms with Gasteiger partial charge < -0.3 is 5.11 Å². The molecule has 1 nitrogen and oxygen atoms in total. The Kier molecular flexibility index (Phi) is 1.57. The second-order valence-corrected chi connectivity index (χ2v) is 6.56. The van der Waals surface area contributed by atoms with Crippen LogP contribution in [-0.2, 0) is 0 Å². The van der Waals surface area contributed by atoms with E-state index >= 15 is 0 Å². The van der Waals surface area contributed by atoms with E-state index in [0.717, 1.165) is 12.8 Å². The summed E-state index contributed by atoms with van der Waals surface area (Å²) in [6, 6.07) is 0. The van der Waals surface area contributed by atoms with Crippen LogP contribution in [0.5, 0.6) is 0 Å². The summed E-state index contributed by atoms with van der Waals surface area (Å²) in [7, 11) is 0. The van der Waals surface area contributed by atoms with E-state index in [2.05, 4.69) is 36.7 Å². The summed E-state index contributed by atoms with van der Waals surface area (Å²) < 4.78 is -0.605. The first-order valence-electron chi connectivity index (χ1n) is 4.72. The molecule has 0 aromatic heterocycles. The van der Waals surface area contributed by atoms with Gasteiger partial charge in [-0.15, -0.1) is 0 Å². The van der Waals surface area contributed by atoms with Crippen molar-refractivity contribution in [3.8, 4) is 0 Å². The van der Waals surface area contributed by atoms with E-state index in [-0.39, 0.29) is 5.41 Å². The lowest BCUT2D eigenvalue weighted by molar-refractivity contribution is -0.0100. The quantitative estimate of drug-likeness (QED) is 0.638. The van der Waals surface area contributed by atoms with Gasteiger partial charge in [0.2, 0.25) is 0 Å². The van der Waals surface area contributed by atoms with E-state index < -0.39 is 4.51 Å². The zero-order chi connectivity index (χ0) is 9.20. The molecule has 2 rings (SSSR count). The summed E-state index contributed by atoms with van der Waals surface area (Å²) in [6.45, 7) is 6.81. The van der Waals surface area contributed by atoms with Crippen LogP contribution in [0.4, 0.5) is 0 Å². The van der Waals surface area contributed by atoms with E-state index in [0.29, 0.717) is 11.3 Å². The van der Waals surface area contributed by atoms with Crippen molar-refractivity contribution in [2.24, 2.45) is 16.7 Å². The average molecular weight is 233 g/mol. The topological polar surface area (TPSA) is 20.2 Å². The molecule has 0 aromatic carbocycles. The van der Waals surface area contributed by atoms with Gasteiger partial charge in [0.15, 0.2) is 0 Å². The Morgan fingerprint density at radius 2 is 1.92 bits per heavy atom. The zero-order valence-electron chi connectivity index (χ0n) is 8.02. The molecule has 0 amide bonds. The number of aliphatic hydroxyl groups is 1. The minimum atomic E-state index is -0.605. The fourth-order valence-corrected chi connectivity index (χ4v) is 4.29. The fourth-order valence-electron chi connectivity index (χ4n) is 3.19. The first kappa shape index (κ1) is 9.01. The second kappa shape index (κ2) is 2.09. The maximum atomic E-state index is 10.2. The Bertz CT molecular complexity index is 222. The molecule has 2 saturated carbocycles. The number of hydrogen-bond acceptors (Lipinski definition) is 1. The molecule has 3 unspecified atom stereocenters. The smallest absolute Gasteiger partial charge is 0.125 e. The van der Waals surface area contributed by atoms with Crippen LogP contribution in [0, 0.1) is 16.7 Å². The maximum absolute atomic E-state index is 10.2. The van der Waals surface area contributed by atoms with Gasteiger partial charge in [0.1, 0.15) is 4.51 Å². The highest BCUT2D eigenvalue weighted by atomic mass is 79.9.